The lowest BCUT2D eigenvalue weighted by Crippen LogP contribution is -2.17. The molecule has 0 amide bonds. The Balaban J connectivity index is 2.10. The zero-order valence-electron chi connectivity index (χ0n) is 12.1. The molecular formula is C17H14O6. The number of Topliss-reactive ketones (excluding diaryl/α,β-unsaturated/α-hetero) is 2. The first-order valence-electron chi connectivity index (χ1n) is 6.76. The van der Waals surface area contributed by atoms with Crippen molar-refractivity contribution in [1.82, 2.24) is 0 Å². The van der Waals surface area contributed by atoms with E-state index in [1.807, 2.05) is 30.3 Å². The molecule has 0 unspecified atom stereocenters. The molecule has 0 heterocycles. The smallest absolute Gasteiger partial charge is 0.372 e. The molecule has 0 aliphatic heterocycles. The molecule has 6 heteroatoms. The van der Waals surface area contributed by atoms with Crippen molar-refractivity contribution in [3.63, 3.8) is 0 Å². The molecule has 2 N–H and O–H groups in total. The summed E-state index contributed by atoms with van der Waals surface area (Å²) < 4.78 is 5.50. The van der Waals surface area contributed by atoms with Gasteiger partial charge in [0.2, 0.25) is 5.78 Å². The molecule has 6 nitrogen and oxygen atoms in total. The number of hydrogen-bond donors (Lipinski definition) is 2. The molecule has 0 spiro atoms. The molecule has 2 rings (SSSR count). The van der Waals surface area contributed by atoms with Gasteiger partial charge in [0.05, 0.1) is 6.42 Å². The molecule has 0 aliphatic carbocycles. The van der Waals surface area contributed by atoms with Crippen LogP contribution in [0.25, 0.3) is 0 Å². The Kier molecular flexibility index (Phi) is 5.09. The summed E-state index contributed by atoms with van der Waals surface area (Å²) in [5.41, 5.74) is 0.924. The van der Waals surface area contributed by atoms with Crippen LogP contribution in [0.1, 0.15) is 22.3 Å². The lowest BCUT2D eigenvalue weighted by atomic mass is 10.1. The van der Waals surface area contributed by atoms with Crippen LogP contribution in [0.4, 0.5) is 0 Å². The maximum atomic E-state index is 11.9. The van der Waals surface area contributed by atoms with Gasteiger partial charge in [0, 0.05) is 11.6 Å². The standard InChI is InChI=1S/C17H14O6/c18-13-6-12(15(19)9-16(20)17(21)22)7-14(8-13)23-10-11-4-2-1-3-5-11/h1-8,18H,9-10H2,(H,21,22). The maximum Gasteiger partial charge on any atom is 0.372 e. The van der Waals surface area contributed by atoms with Crippen LogP contribution in [0, 0.1) is 0 Å². The summed E-state index contributed by atoms with van der Waals surface area (Å²) in [6, 6.07) is 13.2. The minimum absolute atomic E-state index is 0.0164. The molecule has 0 aliphatic rings. The van der Waals surface area contributed by atoms with Crippen molar-refractivity contribution in [3.05, 3.63) is 59.7 Å². The number of carboxylic acids is 1. The molecule has 2 aromatic carbocycles. The molecule has 2 aromatic rings. The normalized spacial score (nSPS) is 10.1. The van der Waals surface area contributed by atoms with E-state index in [9.17, 15) is 19.5 Å². The fourth-order valence-corrected chi connectivity index (χ4v) is 1.89. The summed E-state index contributed by atoms with van der Waals surface area (Å²) in [7, 11) is 0. The number of carbonyl (C=O) groups excluding carboxylic acids is 2. The highest BCUT2D eigenvalue weighted by Gasteiger charge is 2.18. The largest absolute Gasteiger partial charge is 0.508 e. The van der Waals surface area contributed by atoms with Crippen molar-refractivity contribution in [3.8, 4) is 11.5 Å². The average Bonchev–Trinajstić information content (AvgIpc) is 2.53. The first-order chi connectivity index (χ1) is 11.0. The second kappa shape index (κ2) is 7.22. The van der Waals surface area contributed by atoms with Crippen LogP contribution >= 0.6 is 0 Å². The minimum Gasteiger partial charge on any atom is -0.508 e. The first kappa shape index (κ1) is 16.2. The number of phenolic OH excluding ortho intramolecular Hbond substituents is 1. The van der Waals surface area contributed by atoms with Crippen LogP contribution in [-0.2, 0) is 16.2 Å². The van der Waals surface area contributed by atoms with E-state index in [2.05, 4.69) is 0 Å². The van der Waals surface area contributed by atoms with Crippen LogP contribution in [0.15, 0.2) is 48.5 Å². The van der Waals surface area contributed by atoms with Gasteiger partial charge < -0.3 is 14.9 Å². The number of rotatable bonds is 7. The van der Waals surface area contributed by atoms with Crippen molar-refractivity contribution >= 4 is 17.5 Å². The molecular weight excluding hydrogens is 300 g/mol. The van der Waals surface area contributed by atoms with Gasteiger partial charge in [0.25, 0.3) is 0 Å². The van der Waals surface area contributed by atoms with E-state index in [0.717, 1.165) is 11.6 Å². The van der Waals surface area contributed by atoms with Gasteiger partial charge >= 0.3 is 5.97 Å². The second-order valence-electron chi connectivity index (χ2n) is 4.82. The van der Waals surface area contributed by atoms with Gasteiger partial charge in [-0.25, -0.2) is 4.79 Å². The van der Waals surface area contributed by atoms with Crippen molar-refractivity contribution in [2.24, 2.45) is 0 Å². The van der Waals surface area contributed by atoms with E-state index >= 15 is 0 Å². The number of aromatic hydroxyl groups is 1. The first-order valence-corrected chi connectivity index (χ1v) is 6.76. The summed E-state index contributed by atoms with van der Waals surface area (Å²) in [6.45, 7) is 0.242. The summed E-state index contributed by atoms with van der Waals surface area (Å²) in [4.78, 5) is 33.5. The zero-order valence-corrected chi connectivity index (χ0v) is 12.1. The topological polar surface area (TPSA) is 101 Å². The molecule has 0 saturated heterocycles. The molecule has 0 fully saturated rings. The SMILES string of the molecule is O=C(O)C(=O)CC(=O)c1cc(O)cc(OCc2ccccc2)c1. The third-order valence-electron chi connectivity index (χ3n) is 3.02. The van der Waals surface area contributed by atoms with E-state index in [1.54, 1.807) is 0 Å². The summed E-state index contributed by atoms with van der Waals surface area (Å²) in [6.07, 6.45) is -0.767. The number of carboxylic acid groups (broad SMARTS) is 1. The second-order valence-corrected chi connectivity index (χ2v) is 4.82. The molecule has 0 bridgehead atoms. The van der Waals surface area contributed by atoms with Crippen molar-refractivity contribution < 1.29 is 29.3 Å². The quantitative estimate of drug-likeness (QED) is 0.461. The highest BCUT2D eigenvalue weighted by Crippen LogP contribution is 2.23. The molecule has 23 heavy (non-hydrogen) atoms. The zero-order chi connectivity index (χ0) is 16.8. The van der Waals surface area contributed by atoms with E-state index in [1.165, 1.54) is 12.1 Å². The fourth-order valence-electron chi connectivity index (χ4n) is 1.89. The van der Waals surface area contributed by atoms with Crippen LogP contribution < -0.4 is 4.74 Å². The van der Waals surface area contributed by atoms with Gasteiger partial charge in [-0.3, -0.25) is 9.59 Å². The molecule has 0 atom stereocenters. The van der Waals surface area contributed by atoms with Crippen LogP contribution in [0.2, 0.25) is 0 Å². The van der Waals surface area contributed by atoms with Gasteiger partial charge in [-0.05, 0) is 17.7 Å². The summed E-state index contributed by atoms with van der Waals surface area (Å²) in [5, 5.41) is 18.2. The van der Waals surface area contributed by atoms with Gasteiger partial charge in [-0.15, -0.1) is 0 Å². The van der Waals surface area contributed by atoms with Crippen molar-refractivity contribution in [2.45, 2.75) is 13.0 Å². The van der Waals surface area contributed by atoms with E-state index < -0.39 is 24.0 Å². The van der Waals surface area contributed by atoms with E-state index in [0.29, 0.717) is 0 Å². The monoisotopic (exact) mass is 314 g/mol. The summed E-state index contributed by atoms with van der Waals surface area (Å²) in [5.74, 6) is -3.52. The highest BCUT2D eigenvalue weighted by molar-refractivity contribution is 6.37. The van der Waals surface area contributed by atoms with Crippen molar-refractivity contribution in [1.29, 1.82) is 0 Å². The lowest BCUT2D eigenvalue weighted by Gasteiger charge is -2.08. The number of hydrogen-bond acceptors (Lipinski definition) is 5. The molecule has 0 saturated carbocycles. The Hall–Kier alpha value is -3.15. The van der Waals surface area contributed by atoms with Gasteiger partial charge in [-0.2, -0.15) is 0 Å². The van der Waals surface area contributed by atoms with Gasteiger partial charge in [0.15, 0.2) is 5.78 Å². The third kappa shape index (κ3) is 4.67. The maximum absolute atomic E-state index is 11.9. The fraction of sp³-hybridized carbons (Fsp3) is 0.118. The Morgan fingerprint density at radius 1 is 1.00 bits per heavy atom. The number of ether oxygens (including phenoxy) is 1. The Bertz CT molecular complexity index is 736. The lowest BCUT2D eigenvalue weighted by molar-refractivity contribution is -0.148. The molecule has 118 valence electrons. The molecule has 0 aromatic heterocycles. The van der Waals surface area contributed by atoms with E-state index in [4.69, 9.17) is 9.84 Å². The number of ketones is 2. The van der Waals surface area contributed by atoms with Crippen LogP contribution in [0.5, 0.6) is 11.5 Å². The summed E-state index contributed by atoms with van der Waals surface area (Å²) >= 11 is 0. The van der Waals surface area contributed by atoms with Gasteiger partial charge in [-0.1, -0.05) is 30.3 Å². The molecule has 0 radical (unpaired) electrons. The number of benzene rings is 2. The van der Waals surface area contributed by atoms with Gasteiger partial charge in [0.1, 0.15) is 18.1 Å². The average molecular weight is 314 g/mol. The minimum atomic E-state index is -1.67. The van der Waals surface area contributed by atoms with Crippen LogP contribution in [0.3, 0.4) is 0 Å². The predicted octanol–water partition coefficient (Wildman–Crippen LogP) is 2.20. The predicted molar refractivity (Wildman–Crippen MR) is 80.5 cm³/mol. The number of phenols is 1. The van der Waals surface area contributed by atoms with E-state index in [-0.39, 0.29) is 23.7 Å². The Morgan fingerprint density at radius 3 is 2.35 bits per heavy atom. The van der Waals surface area contributed by atoms with Crippen molar-refractivity contribution in [2.75, 3.05) is 0 Å². The Labute approximate surface area is 131 Å². The third-order valence-corrected chi connectivity index (χ3v) is 3.02. The number of aliphatic carboxylic acids is 1. The number of carbonyl (C=O) groups is 3. The van der Waals surface area contributed by atoms with Crippen LogP contribution in [-0.4, -0.2) is 27.7 Å². The Morgan fingerprint density at radius 2 is 1.70 bits per heavy atom. The highest BCUT2D eigenvalue weighted by atomic mass is 16.5.